The van der Waals surface area contributed by atoms with Gasteiger partial charge in [-0.1, -0.05) is 0 Å². The van der Waals surface area contributed by atoms with Gasteiger partial charge in [0.15, 0.2) is 0 Å². The van der Waals surface area contributed by atoms with Crippen LogP contribution in [0.1, 0.15) is 44.1 Å². The fraction of sp³-hybridized carbons (Fsp3) is 0.652. The minimum Gasteiger partial charge on any atom is -0.463 e. The van der Waals surface area contributed by atoms with Gasteiger partial charge in [-0.15, -0.1) is 0 Å². The van der Waals surface area contributed by atoms with Gasteiger partial charge in [-0.25, -0.2) is 9.78 Å². The normalized spacial score (nSPS) is 15.9. The summed E-state index contributed by atoms with van der Waals surface area (Å²) in [4.78, 5) is 32.6. The summed E-state index contributed by atoms with van der Waals surface area (Å²) >= 11 is 0. The van der Waals surface area contributed by atoms with Crippen LogP contribution in [0.4, 0.5) is 10.6 Å². The molecular formula is C23H35N7O3. The molecular weight excluding hydrogens is 422 g/mol. The Bertz CT molecular complexity index is 983. The number of rotatable bonds is 6. The van der Waals surface area contributed by atoms with E-state index in [1.165, 1.54) is 0 Å². The van der Waals surface area contributed by atoms with E-state index in [4.69, 9.17) is 19.4 Å². The van der Waals surface area contributed by atoms with E-state index < -0.39 is 5.60 Å². The lowest BCUT2D eigenvalue weighted by Crippen LogP contribution is -2.41. The summed E-state index contributed by atoms with van der Waals surface area (Å²) in [6.07, 6.45) is 5.03. The van der Waals surface area contributed by atoms with Gasteiger partial charge in [-0.05, 0) is 47.7 Å². The number of amides is 1. The van der Waals surface area contributed by atoms with Crippen LogP contribution < -0.4 is 9.64 Å². The van der Waals surface area contributed by atoms with E-state index in [1.807, 2.05) is 47.4 Å². The molecule has 180 valence electrons. The molecule has 0 spiro atoms. The number of nitrogens with zero attached hydrogens (tertiary/aromatic N) is 7. The summed E-state index contributed by atoms with van der Waals surface area (Å²) in [5, 5.41) is 0. The van der Waals surface area contributed by atoms with Gasteiger partial charge in [0.05, 0.1) is 37.4 Å². The van der Waals surface area contributed by atoms with E-state index in [1.54, 1.807) is 4.90 Å². The fourth-order valence-electron chi connectivity index (χ4n) is 4.11. The molecule has 1 amide bonds. The average Bonchev–Trinajstić information content (AvgIpc) is 3.22. The maximum absolute atomic E-state index is 12.7. The third kappa shape index (κ3) is 5.73. The van der Waals surface area contributed by atoms with Gasteiger partial charge in [0.2, 0.25) is 0 Å². The molecule has 0 saturated heterocycles. The maximum atomic E-state index is 12.7. The molecule has 10 heteroatoms. The van der Waals surface area contributed by atoms with Crippen LogP contribution in [0, 0.1) is 0 Å². The lowest BCUT2D eigenvalue weighted by atomic mass is 10.0. The first-order valence-corrected chi connectivity index (χ1v) is 11.6. The summed E-state index contributed by atoms with van der Waals surface area (Å²) < 4.78 is 13.7. The molecule has 2 aliphatic rings. The monoisotopic (exact) mass is 457 g/mol. The molecule has 0 fully saturated rings. The molecule has 0 radical (unpaired) electrons. The van der Waals surface area contributed by atoms with Gasteiger partial charge in [-0.3, -0.25) is 0 Å². The second-order valence-electron chi connectivity index (χ2n) is 9.91. The lowest BCUT2D eigenvalue weighted by Gasteiger charge is -2.35. The van der Waals surface area contributed by atoms with Crippen molar-refractivity contribution in [3.8, 4) is 6.01 Å². The molecule has 0 saturated carbocycles. The molecule has 33 heavy (non-hydrogen) atoms. The molecule has 4 rings (SSSR count). The van der Waals surface area contributed by atoms with Gasteiger partial charge in [-0.2, -0.15) is 9.97 Å². The number of hydrogen-bond acceptors (Lipinski definition) is 8. The van der Waals surface area contributed by atoms with Gasteiger partial charge >= 0.3 is 12.1 Å². The Hall–Kier alpha value is -2.88. The average molecular weight is 458 g/mol. The number of anilines is 1. The molecule has 10 nitrogen and oxygen atoms in total. The van der Waals surface area contributed by atoms with Crippen LogP contribution in [0.3, 0.4) is 0 Å². The summed E-state index contributed by atoms with van der Waals surface area (Å²) in [7, 11) is 4.08. The highest BCUT2D eigenvalue weighted by Crippen LogP contribution is 2.31. The van der Waals surface area contributed by atoms with E-state index in [-0.39, 0.29) is 6.09 Å². The number of aromatic nitrogens is 4. The zero-order valence-electron chi connectivity index (χ0n) is 20.4. The minimum absolute atomic E-state index is 0.316. The van der Waals surface area contributed by atoms with Crippen molar-refractivity contribution >= 4 is 11.9 Å². The van der Waals surface area contributed by atoms with Crippen LogP contribution >= 0.6 is 0 Å². The van der Waals surface area contributed by atoms with Crippen molar-refractivity contribution < 1.29 is 14.3 Å². The van der Waals surface area contributed by atoms with Crippen molar-refractivity contribution in [3.63, 3.8) is 0 Å². The van der Waals surface area contributed by atoms with Crippen LogP contribution in [0.5, 0.6) is 6.01 Å². The minimum atomic E-state index is -0.536. The summed E-state index contributed by atoms with van der Waals surface area (Å²) in [5.74, 6) is 0.902. The maximum Gasteiger partial charge on any atom is 0.410 e. The van der Waals surface area contributed by atoms with Crippen LogP contribution in [0.25, 0.3) is 0 Å². The number of imidazole rings is 1. The van der Waals surface area contributed by atoms with E-state index in [0.717, 1.165) is 55.4 Å². The Labute approximate surface area is 195 Å². The Morgan fingerprint density at radius 2 is 1.97 bits per heavy atom. The second kappa shape index (κ2) is 9.54. The van der Waals surface area contributed by atoms with Crippen molar-refractivity contribution in [2.24, 2.45) is 0 Å². The van der Waals surface area contributed by atoms with E-state index >= 15 is 0 Å². The molecule has 2 aliphatic heterocycles. The number of carbonyl (C=O) groups is 1. The van der Waals surface area contributed by atoms with Gasteiger partial charge in [0, 0.05) is 37.9 Å². The number of hydrogen-bond donors (Lipinski definition) is 0. The van der Waals surface area contributed by atoms with Crippen LogP contribution in [-0.2, 0) is 30.8 Å². The van der Waals surface area contributed by atoms with Gasteiger partial charge < -0.3 is 28.7 Å². The molecule has 0 atom stereocenters. The van der Waals surface area contributed by atoms with E-state index in [9.17, 15) is 4.79 Å². The van der Waals surface area contributed by atoms with Crippen molar-refractivity contribution in [2.75, 3.05) is 45.2 Å². The first kappa shape index (κ1) is 23.3. The molecule has 2 aromatic rings. The zero-order valence-corrected chi connectivity index (χ0v) is 20.4. The Balaban J connectivity index is 1.57. The highest BCUT2D eigenvalue weighted by atomic mass is 16.6. The van der Waals surface area contributed by atoms with Crippen LogP contribution in [-0.4, -0.2) is 81.3 Å². The van der Waals surface area contributed by atoms with E-state index in [2.05, 4.69) is 19.4 Å². The first-order chi connectivity index (χ1) is 15.7. The van der Waals surface area contributed by atoms with Gasteiger partial charge in [0.1, 0.15) is 11.4 Å². The first-order valence-electron chi connectivity index (χ1n) is 11.6. The summed E-state index contributed by atoms with van der Waals surface area (Å²) in [6, 6.07) is 0.368. The smallest absolute Gasteiger partial charge is 0.410 e. The van der Waals surface area contributed by atoms with E-state index in [0.29, 0.717) is 32.1 Å². The van der Waals surface area contributed by atoms with Crippen molar-refractivity contribution in [3.05, 3.63) is 29.5 Å². The summed E-state index contributed by atoms with van der Waals surface area (Å²) in [5.41, 5.74) is 2.54. The number of ether oxygens (including phenoxy) is 2. The third-order valence-electron chi connectivity index (χ3n) is 5.72. The Morgan fingerprint density at radius 3 is 2.73 bits per heavy atom. The summed E-state index contributed by atoms with van der Waals surface area (Å²) in [6.45, 7) is 10.5. The number of fused-ring (bicyclic) bond motifs is 2. The SMILES string of the molecule is CN(C)CCCOc1nc2c(c(N3CCn4cncc4C3)n1)CCN(C(=O)OC(C)(C)C)C2. The van der Waals surface area contributed by atoms with Crippen LogP contribution in [0.2, 0.25) is 0 Å². The van der Waals surface area contributed by atoms with Gasteiger partial charge in [0.25, 0.3) is 0 Å². The van der Waals surface area contributed by atoms with Crippen molar-refractivity contribution in [1.82, 2.24) is 29.3 Å². The highest BCUT2D eigenvalue weighted by molar-refractivity contribution is 5.69. The largest absolute Gasteiger partial charge is 0.463 e. The predicted molar refractivity (Wildman–Crippen MR) is 124 cm³/mol. The Morgan fingerprint density at radius 1 is 1.15 bits per heavy atom. The second-order valence-corrected chi connectivity index (χ2v) is 9.91. The molecule has 2 aromatic heterocycles. The zero-order chi connectivity index (χ0) is 23.6. The number of carbonyl (C=O) groups excluding carboxylic acids is 1. The molecule has 0 N–H and O–H groups in total. The molecule has 0 unspecified atom stereocenters. The quantitative estimate of drug-likeness (QED) is 0.611. The topological polar surface area (TPSA) is 88.9 Å². The Kier molecular flexibility index (Phi) is 6.73. The third-order valence-corrected chi connectivity index (χ3v) is 5.72. The lowest BCUT2D eigenvalue weighted by molar-refractivity contribution is 0.0220. The fourth-order valence-corrected chi connectivity index (χ4v) is 4.11. The van der Waals surface area contributed by atoms with Crippen molar-refractivity contribution in [2.45, 2.75) is 58.8 Å². The van der Waals surface area contributed by atoms with Crippen LogP contribution in [0.15, 0.2) is 12.5 Å². The highest BCUT2D eigenvalue weighted by Gasteiger charge is 2.31. The van der Waals surface area contributed by atoms with Crippen molar-refractivity contribution in [1.29, 1.82) is 0 Å². The standard InChI is InChI=1S/C23H35N7O3/c1-23(2,3)33-22(31)29-9-7-18-19(15-29)25-21(32-12-6-8-27(4)5)26-20(18)28-10-11-30-16-24-13-17(30)14-28/h13,16H,6-12,14-15H2,1-5H3. The molecule has 0 bridgehead atoms. The molecule has 0 aliphatic carbocycles. The predicted octanol–water partition coefficient (Wildman–Crippen LogP) is 2.32. The molecule has 4 heterocycles. The molecule has 0 aromatic carbocycles.